The maximum atomic E-state index is 5.67. The van der Waals surface area contributed by atoms with Crippen LogP contribution in [0.25, 0.3) is 0 Å². The number of benzene rings is 1. The second-order valence-electron chi connectivity index (χ2n) is 1.67. The van der Waals surface area contributed by atoms with Crippen LogP contribution >= 0.6 is 32.4 Å². The van der Waals surface area contributed by atoms with E-state index in [2.05, 4.69) is 9.24 Å². The highest BCUT2D eigenvalue weighted by Gasteiger charge is 1.93. The third kappa shape index (κ3) is 1.82. The van der Waals surface area contributed by atoms with Gasteiger partial charge >= 0.3 is 0 Å². The topological polar surface area (TPSA) is 0 Å². The lowest BCUT2D eigenvalue weighted by Gasteiger charge is -1.94. The third-order valence-corrected chi connectivity index (χ3v) is 2.04. The fourth-order valence-electron chi connectivity index (χ4n) is 0.512. The van der Waals surface area contributed by atoms with Crippen molar-refractivity contribution in [3.05, 3.63) is 28.2 Å². The summed E-state index contributed by atoms with van der Waals surface area (Å²) in [6, 6.07) is 5.46. The second-order valence-corrected chi connectivity index (χ2v) is 3.15. The van der Waals surface area contributed by atoms with Crippen LogP contribution in [0.4, 0.5) is 0 Å². The molecule has 0 heterocycles. The van der Waals surface area contributed by atoms with Gasteiger partial charge in [0, 0.05) is 0 Å². The van der Waals surface area contributed by atoms with Crippen LogP contribution in [0.15, 0.2) is 18.2 Å². The van der Waals surface area contributed by atoms with Gasteiger partial charge in [0.15, 0.2) is 0 Å². The van der Waals surface area contributed by atoms with E-state index in [4.69, 9.17) is 23.2 Å². The molecule has 0 N–H and O–H groups in total. The van der Waals surface area contributed by atoms with Gasteiger partial charge in [-0.1, -0.05) is 29.3 Å². The van der Waals surface area contributed by atoms with Gasteiger partial charge in [-0.15, -0.1) is 9.24 Å². The Balaban J connectivity index is 3.17. The van der Waals surface area contributed by atoms with Gasteiger partial charge in [-0.3, -0.25) is 0 Å². The molecule has 1 rings (SSSR count). The fourth-order valence-corrected chi connectivity index (χ4v) is 1.19. The molecule has 0 aliphatic heterocycles. The summed E-state index contributed by atoms with van der Waals surface area (Å²) in [6.07, 6.45) is 0. The van der Waals surface area contributed by atoms with E-state index < -0.39 is 0 Å². The first-order valence-electron chi connectivity index (χ1n) is 2.40. The van der Waals surface area contributed by atoms with Crippen molar-refractivity contribution in [3.8, 4) is 0 Å². The lowest BCUT2D eigenvalue weighted by atomic mass is 10.4. The third-order valence-electron chi connectivity index (χ3n) is 0.944. The molecular weight excluding hydrogens is 174 g/mol. The molecule has 1 atom stereocenters. The Morgan fingerprint density at radius 3 is 2.22 bits per heavy atom. The molecule has 0 aliphatic rings. The van der Waals surface area contributed by atoms with Crippen LogP contribution in [-0.2, 0) is 0 Å². The lowest BCUT2D eigenvalue weighted by Crippen LogP contribution is -1.86. The van der Waals surface area contributed by atoms with E-state index in [1.54, 1.807) is 12.1 Å². The van der Waals surface area contributed by atoms with Crippen molar-refractivity contribution in [2.45, 2.75) is 0 Å². The Morgan fingerprint density at radius 1 is 1.11 bits per heavy atom. The molecule has 0 nitrogen and oxygen atoms in total. The second kappa shape index (κ2) is 2.88. The highest BCUT2D eigenvalue weighted by molar-refractivity contribution is 7.27. The van der Waals surface area contributed by atoms with E-state index in [1.807, 2.05) is 6.07 Å². The van der Waals surface area contributed by atoms with Crippen molar-refractivity contribution in [2.75, 3.05) is 0 Å². The first-order chi connectivity index (χ1) is 4.20. The number of hydrogen-bond donors (Lipinski definition) is 0. The highest BCUT2D eigenvalue weighted by Crippen LogP contribution is 2.19. The Kier molecular flexibility index (Phi) is 2.35. The standard InChI is InChI=1S/C6H5Cl2P/c7-5-2-1-4(9)3-6(5)8/h1-3H,9H2. The average Bonchev–Trinajstić information content (AvgIpc) is 1.80. The summed E-state index contributed by atoms with van der Waals surface area (Å²) in [7, 11) is 2.54. The summed E-state index contributed by atoms with van der Waals surface area (Å²) in [5, 5.41) is 2.25. The smallest absolute Gasteiger partial charge is 0.0598 e. The first kappa shape index (κ1) is 7.34. The van der Waals surface area contributed by atoms with Crippen molar-refractivity contribution >= 4 is 37.7 Å². The highest BCUT2D eigenvalue weighted by atomic mass is 35.5. The zero-order chi connectivity index (χ0) is 6.85. The first-order valence-corrected chi connectivity index (χ1v) is 3.74. The minimum absolute atomic E-state index is 0.600. The quantitative estimate of drug-likeness (QED) is 0.536. The summed E-state index contributed by atoms with van der Waals surface area (Å²) >= 11 is 11.3. The van der Waals surface area contributed by atoms with Crippen LogP contribution < -0.4 is 5.30 Å². The molecule has 0 bridgehead atoms. The van der Waals surface area contributed by atoms with Crippen LogP contribution in [-0.4, -0.2) is 0 Å². The minimum atomic E-state index is 0.600. The molecule has 0 spiro atoms. The zero-order valence-electron chi connectivity index (χ0n) is 4.57. The van der Waals surface area contributed by atoms with Gasteiger partial charge in [-0.2, -0.15) is 0 Å². The van der Waals surface area contributed by atoms with Gasteiger partial charge in [0.05, 0.1) is 10.0 Å². The van der Waals surface area contributed by atoms with E-state index >= 15 is 0 Å². The predicted molar refractivity (Wildman–Crippen MR) is 45.8 cm³/mol. The van der Waals surface area contributed by atoms with Crippen LogP contribution in [0.1, 0.15) is 0 Å². The van der Waals surface area contributed by atoms with Crippen LogP contribution in [0, 0.1) is 0 Å². The molecule has 1 aromatic rings. The predicted octanol–water partition coefficient (Wildman–Crippen LogP) is 2.49. The van der Waals surface area contributed by atoms with Gasteiger partial charge in [0.2, 0.25) is 0 Å². The molecule has 0 saturated heterocycles. The molecule has 0 aliphatic carbocycles. The monoisotopic (exact) mass is 178 g/mol. The maximum absolute atomic E-state index is 5.67. The van der Waals surface area contributed by atoms with Gasteiger partial charge in [-0.05, 0) is 17.4 Å². The van der Waals surface area contributed by atoms with E-state index in [1.165, 1.54) is 0 Å². The van der Waals surface area contributed by atoms with Crippen molar-refractivity contribution in [3.63, 3.8) is 0 Å². The van der Waals surface area contributed by atoms with E-state index in [0.29, 0.717) is 10.0 Å². The van der Waals surface area contributed by atoms with Crippen molar-refractivity contribution in [1.29, 1.82) is 0 Å². The number of rotatable bonds is 0. The average molecular weight is 179 g/mol. The molecule has 48 valence electrons. The molecule has 9 heavy (non-hydrogen) atoms. The summed E-state index contributed by atoms with van der Waals surface area (Å²) in [6.45, 7) is 0. The summed E-state index contributed by atoms with van der Waals surface area (Å²) in [5.41, 5.74) is 0. The molecule has 0 radical (unpaired) electrons. The Labute approximate surface area is 66.4 Å². The minimum Gasteiger partial charge on any atom is -0.106 e. The van der Waals surface area contributed by atoms with Crippen LogP contribution in [0.5, 0.6) is 0 Å². The largest absolute Gasteiger partial charge is 0.106 e. The van der Waals surface area contributed by atoms with Crippen LogP contribution in [0.3, 0.4) is 0 Å². The van der Waals surface area contributed by atoms with Gasteiger partial charge in [-0.25, -0.2) is 0 Å². The van der Waals surface area contributed by atoms with Gasteiger partial charge in [0.25, 0.3) is 0 Å². The molecule has 0 fully saturated rings. The van der Waals surface area contributed by atoms with E-state index in [9.17, 15) is 0 Å². The van der Waals surface area contributed by atoms with Crippen molar-refractivity contribution in [2.24, 2.45) is 0 Å². The molecule has 1 unspecified atom stereocenters. The molecule has 0 amide bonds. The molecule has 0 saturated carbocycles. The fraction of sp³-hybridized carbons (Fsp3) is 0. The lowest BCUT2D eigenvalue weighted by molar-refractivity contribution is 1.77. The summed E-state index contributed by atoms with van der Waals surface area (Å²) < 4.78 is 0. The van der Waals surface area contributed by atoms with E-state index in [0.717, 1.165) is 5.30 Å². The maximum Gasteiger partial charge on any atom is 0.0598 e. The van der Waals surface area contributed by atoms with Gasteiger partial charge < -0.3 is 0 Å². The normalized spacial score (nSPS) is 9.67. The summed E-state index contributed by atoms with van der Waals surface area (Å²) in [4.78, 5) is 0. The van der Waals surface area contributed by atoms with Crippen LogP contribution in [0.2, 0.25) is 10.0 Å². The number of hydrogen-bond acceptors (Lipinski definition) is 0. The summed E-state index contributed by atoms with van der Waals surface area (Å²) in [5.74, 6) is 0. The SMILES string of the molecule is Pc1ccc(Cl)c(Cl)c1. The van der Waals surface area contributed by atoms with Gasteiger partial charge in [0.1, 0.15) is 0 Å². The molecule has 0 aromatic heterocycles. The number of halogens is 2. The van der Waals surface area contributed by atoms with Crippen molar-refractivity contribution in [1.82, 2.24) is 0 Å². The molecular formula is C6H5Cl2P. The Bertz CT molecular complexity index is 222. The Hall–Kier alpha value is 0.230. The molecule has 1 aromatic carbocycles. The van der Waals surface area contributed by atoms with E-state index in [-0.39, 0.29) is 0 Å². The Morgan fingerprint density at radius 2 is 1.78 bits per heavy atom. The zero-order valence-corrected chi connectivity index (χ0v) is 7.23. The molecule has 3 heteroatoms. The van der Waals surface area contributed by atoms with Crippen molar-refractivity contribution < 1.29 is 0 Å².